The van der Waals surface area contributed by atoms with Gasteiger partial charge in [0.25, 0.3) is 0 Å². The van der Waals surface area contributed by atoms with E-state index in [1.165, 1.54) is 24.4 Å². The number of hydrogen-bond acceptors (Lipinski definition) is 7. The molecule has 0 radical (unpaired) electrons. The Kier molecular flexibility index (Phi) is 7.72. The van der Waals surface area contributed by atoms with Crippen molar-refractivity contribution in [1.29, 1.82) is 0 Å². The number of aromatic nitrogens is 3. The number of aryl methyl sites for hydroxylation is 1. The molecule has 1 aliphatic heterocycles. The monoisotopic (exact) mass is 546 g/mol. The highest BCUT2D eigenvalue weighted by molar-refractivity contribution is 7.98. The van der Waals surface area contributed by atoms with E-state index in [0.29, 0.717) is 39.8 Å². The number of benzene rings is 3. The van der Waals surface area contributed by atoms with Gasteiger partial charge in [-0.1, -0.05) is 83.5 Å². The number of nitrogens with zero attached hydrogens (tertiary/aromatic N) is 3. The van der Waals surface area contributed by atoms with Crippen molar-refractivity contribution in [3.8, 4) is 5.75 Å². The lowest BCUT2D eigenvalue weighted by Gasteiger charge is -2.27. The predicted octanol–water partition coefficient (Wildman–Crippen LogP) is 6.57. The maximum atomic E-state index is 12.9. The maximum absolute atomic E-state index is 12.9. The molecule has 0 aliphatic carbocycles. The molecule has 0 saturated carbocycles. The molecule has 0 fully saturated rings. The minimum atomic E-state index is -0.508. The molecule has 1 unspecified atom stereocenters. The highest BCUT2D eigenvalue weighted by Gasteiger charge is 2.35. The molecule has 38 heavy (non-hydrogen) atoms. The molecule has 1 N–H and O–H groups in total. The molecular weight excluding hydrogens is 520 g/mol. The normalized spacial score (nSPS) is 14.6. The van der Waals surface area contributed by atoms with Crippen LogP contribution in [-0.2, 0) is 21.9 Å². The number of anilines is 1. The van der Waals surface area contributed by atoms with Crippen LogP contribution >= 0.6 is 23.4 Å². The first-order valence-corrected chi connectivity index (χ1v) is 13.5. The number of hydrogen-bond donors (Lipinski definition) is 1. The zero-order valence-electron chi connectivity index (χ0n) is 21.3. The van der Waals surface area contributed by atoms with Crippen molar-refractivity contribution < 1.29 is 14.3 Å². The second-order valence-corrected chi connectivity index (χ2v) is 10.3. The zero-order chi connectivity index (χ0) is 26.6. The van der Waals surface area contributed by atoms with Crippen LogP contribution in [0.2, 0.25) is 5.02 Å². The van der Waals surface area contributed by atoms with Gasteiger partial charge in [0.15, 0.2) is 0 Å². The summed E-state index contributed by atoms with van der Waals surface area (Å²) in [4.78, 5) is 17.5. The van der Waals surface area contributed by atoms with Crippen molar-refractivity contribution in [3.05, 3.63) is 111 Å². The Labute approximate surface area is 230 Å². The van der Waals surface area contributed by atoms with Crippen LogP contribution in [0.3, 0.4) is 0 Å². The van der Waals surface area contributed by atoms with Gasteiger partial charge < -0.3 is 14.8 Å². The summed E-state index contributed by atoms with van der Waals surface area (Å²) >= 11 is 7.80. The molecule has 1 atom stereocenters. The second-order valence-electron chi connectivity index (χ2n) is 8.95. The number of nitrogens with one attached hydrogen (secondary N) is 1. The van der Waals surface area contributed by atoms with Crippen molar-refractivity contribution in [2.24, 2.45) is 0 Å². The third-order valence-electron chi connectivity index (χ3n) is 6.24. The lowest BCUT2D eigenvalue weighted by atomic mass is 9.96. The van der Waals surface area contributed by atoms with Gasteiger partial charge in [0.05, 0.1) is 12.7 Å². The van der Waals surface area contributed by atoms with E-state index in [0.717, 1.165) is 22.4 Å². The van der Waals surface area contributed by atoms with Crippen LogP contribution < -0.4 is 10.1 Å². The van der Waals surface area contributed by atoms with Gasteiger partial charge in [0, 0.05) is 16.5 Å². The average molecular weight is 547 g/mol. The molecule has 7 nitrogen and oxygen atoms in total. The Morgan fingerprint density at radius 2 is 1.87 bits per heavy atom. The molecule has 4 aromatic rings. The fourth-order valence-electron chi connectivity index (χ4n) is 4.35. The Morgan fingerprint density at radius 3 is 2.61 bits per heavy atom. The Morgan fingerprint density at radius 1 is 1.08 bits per heavy atom. The Hall–Kier alpha value is -3.75. The topological polar surface area (TPSA) is 78.3 Å². The summed E-state index contributed by atoms with van der Waals surface area (Å²) < 4.78 is 12.9. The fourth-order valence-corrected chi connectivity index (χ4v) is 5.46. The van der Waals surface area contributed by atoms with Crippen molar-refractivity contribution in [1.82, 2.24) is 14.8 Å². The van der Waals surface area contributed by atoms with Crippen LogP contribution in [-0.4, -0.2) is 27.8 Å². The summed E-state index contributed by atoms with van der Waals surface area (Å²) in [6, 6.07) is 23.1. The van der Waals surface area contributed by atoms with E-state index in [9.17, 15) is 4.79 Å². The van der Waals surface area contributed by atoms with Crippen molar-refractivity contribution in [2.75, 3.05) is 12.4 Å². The molecule has 2 heterocycles. The summed E-state index contributed by atoms with van der Waals surface area (Å²) in [5, 5.41) is 9.25. The van der Waals surface area contributed by atoms with Gasteiger partial charge in [-0.2, -0.15) is 4.98 Å². The van der Waals surface area contributed by atoms with Gasteiger partial charge in [-0.3, -0.25) is 0 Å². The summed E-state index contributed by atoms with van der Waals surface area (Å²) in [6.07, 6.45) is 0. The van der Waals surface area contributed by atoms with Crippen LogP contribution in [0.15, 0.2) is 89.2 Å². The van der Waals surface area contributed by atoms with Crippen molar-refractivity contribution >= 4 is 35.3 Å². The highest BCUT2D eigenvalue weighted by Crippen LogP contribution is 2.37. The first kappa shape index (κ1) is 25.9. The van der Waals surface area contributed by atoms with E-state index in [2.05, 4.69) is 29.4 Å². The number of allylic oxidation sites excluding steroid dienone is 1. The zero-order valence-corrected chi connectivity index (χ0v) is 22.8. The van der Waals surface area contributed by atoms with E-state index in [-0.39, 0.29) is 0 Å². The van der Waals surface area contributed by atoms with Gasteiger partial charge >= 0.3 is 5.97 Å². The van der Waals surface area contributed by atoms with Crippen LogP contribution in [0.4, 0.5) is 5.95 Å². The molecule has 1 aromatic heterocycles. The largest absolute Gasteiger partial charge is 0.489 e. The van der Waals surface area contributed by atoms with Gasteiger partial charge in [-0.05, 0) is 48.7 Å². The van der Waals surface area contributed by atoms with Crippen LogP contribution in [0.5, 0.6) is 5.75 Å². The number of carbonyl (C=O) groups excluding carboxylic acids is 1. The Bertz CT molecular complexity index is 1500. The molecular formula is C29H27ClN4O3S. The number of fused-ring (bicyclic) bond motifs is 1. The number of halogens is 1. The van der Waals surface area contributed by atoms with Gasteiger partial charge in [0.1, 0.15) is 18.4 Å². The van der Waals surface area contributed by atoms with E-state index in [4.69, 9.17) is 26.2 Å². The Balaban J connectivity index is 1.40. The molecule has 9 heteroatoms. The van der Waals surface area contributed by atoms with E-state index in [1.54, 1.807) is 4.68 Å². The standard InChI is InChI=1S/C29H27ClN4O3S/c1-18-7-6-8-20(15-18)16-37-23-13-11-21(12-14-23)26-25(27(35)36-3)19(2)31-28-32-29(33-34(26)28)38-17-22-9-4-5-10-24(22)30/h4-15,26H,16-17H2,1-3H3,(H,31,32,33). The van der Waals surface area contributed by atoms with Gasteiger partial charge in [-0.25, -0.2) is 9.48 Å². The minimum Gasteiger partial charge on any atom is -0.489 e. The lowest BCUT2D eigenvalue weighted by molar-refractivity contribution is -0.136. The van der Waals surface area contributed by atoms with Crippen molar-refractivity contribution in [2.45, 2.75) is 37.4 Å². The van der Waals surface area contributed by atoms with E-state index in [1.807, 2.05) is 67.6 Å². The van der Waals surface area contributed by atoms with E-state index >= 15 is 0 Å². The number of carbonyl (C=O) groups is 1. The minimum absolute atomic E-state index is 0.425. The maximum Gasteiger partial charge on any atom is 0.338 e. The van der Waals surface area contributed by atoms with Gasteiger partial charge in [0.2, 0.25) is 11.1 Å². The second kappa shape index (κ2) is 11.3. The number of thioether (sulfide) groups is 1. The predicted molar refractivity (Wildman–Crippen MR) is 149 cm³/mol. The van der Waals surface area contributed by atoms with E-state index < -0.39 is 12.0 Å². The lowest BCUT2D eigenvalue weighted by Crippen LogP contribution is -2.29. The van der Waals surface area contributed by atoms with Crippen molar-refractivity contribution in [3.63, 3.8) is 0 Å². The smallest absolute Gasteiger partial charge is 0.338 e. The molecule has 1 aliphatic rings. The molecule has 0 amide bonds. The molecule has 3 aromatic carbocycles. The third kappa shape index (κ3) is 5.56. The van der Waals surface area contributed by atoms with Gasteiger partial charge in [-0.15, -0.1) is 5.10 Å². The summed E-state index contributed by atoms with van der Waals surface area (Å²) in [5.41, 5.74) is 5.31. The average Bonchev–Trinajstić information content (AvgIpc) is 3.33. The van der Waals surface area contributed by atoms with Crippen LogP contribution in [0, 0.1) is 6.92 Å². The molecule has 194 valence electrons. The molecule has 0 bridgehead atoms. The quantitative estimate of drug-likeness (QED) is 0.198. The summed E-state index contributed by atoms with van der Waals surface area (Å²) in [6.45, 7) is 4.37. The molecule has 0 spiro atoms. The number of ether oxygens (including phenoxy) is 2. The third-order valence-corrected chi connectivity index (χ3v) is 7.49. The van der Waals surface area contributed by atoms with Crippen LogP contribution in [0.25, 0.3) is 0 Å². The SMILES string of the molecule is COC(=O)C1=C(C)Nc2nc(SCc3ccccc3Cl)nn2C1c1ccc(OCc2cccc(C)c2)cc1. The number of rotatable bonds is 8. The first-order chi connectivity index (χ1) is 18.4. The first-order valence-electron chi connectivity index (χ1n) is 12.1. The summed E-state index contributed by atoms with van der Waals surface area (Å²) in [7, 11) is 1.38. The highest BCUT2D eigenvalue weighted by atomic mass is 35.5. The number of esters is 1. The van der Waals surface area contributed by atoms with Crippen LogP contribution in [0.1, 0.15) is 35.2 Å². The molecule has 0 saturated heterocycles. The number of methoxy groups -OCH3 is 1. The fraction of sp³-hybridized carbons (Fsp3) is 0.207. The molecule has 5 rings (SSSR count). The summed E-state index contributed by atoms with van der Waals surface area (Å²) in [5.74, 6) is 1.49.